The number of alkyl halides is 1. The standard InChI is InChI=1S/C12H20FNO4/c1-11(2,3)18-10(17)14-8-6-4-5-7-12(8,13)9(15)16/h8H,4-7H2,1-3H3,(H,14,17)(H,15,16). The van der Waals surface area contributed by atoms with Crippen molar-refractivity contribution >= 4 is 12.1 Å². The van der Waals surface area contributed by atoms with Crippen LogP contribution in [-0.4, -0.2) is 34.5 Å². The van der Waals surface area contributed by atoms with Crippen molar-refractivity contribution in [3.05, 3.63) is 0 Å². The van der Waals surface area contributed by atoms with Crippen LogP contribution in [0, 0.1) is 0 Å². The Bertz CT molecular complexity index is 339. The van der Waals surface area contributed by atoms with Gasteiger partial charge >= 0.3 is 12.1 Å². The highest BCUT2D eigenvalue weighted by atomic mass is 19.1. The fraction of sp³-hybridized carbons (Fsp3) is 0.833. The number of hydrogen-bond acceptors (Lipinski definition) is 3. The van der Waals surface area contributed by atoms with Gasteiger partial charge in [-0.2, -0.15) is 0 Å². The maximum absolute atomic E-state index is 14.3. The third-order valence-electron chi connectivity index (χ3n) is 2.88. The first kappa shape index (κ1) is 14.7. The van der Waals surface area contributed by atoms with E-state index in [0.717, 1.165) is 0 Å². The smallest absolute Gasteiger partial charge is 0.407 e. The Morgan fingerprint density at radius 2 is 2.00 bits per heavy atom. The Labute approximate surface area is 106 Å². The van der Waals surface area contributed by atoms with Crippen molar-refractivity contribution in [1.82, 2.24) is 5.32 Å². The number of carboxylic acid groups (broad SMARTS) is 1. The molecule has 6 heteroatoms. The molecule has 1 saturated carbocycles. The average molecular weight is 261 g/mol. The number of carbonyl (C=O) groups is 2. The van der Waals surface area contributed by atoms with Crippen LogP contribution in [0.2, 0.25) is 0 Å². The van der Waals surface area contributed by atoms with Crippen molar-refractivity contribution in [3.63, 3.8) is 0 Å². The highest BCUT2D eigenvalue weighted by Gasteiger charge is 2.49. The minimum Gasteiger partial charge on any atom is -0.479 e. The van der Waals surface area contributed by atoms with E-state index in [0.29, 0.717) is 19.3 Å². The second-order valence-corrected chi connectivity index (χ2v) is 5.61. The van der Waals surface area contributed by atoms with Crippen molar-refractivity contribution in [1.29, 1.82) is 0 Å². The molecule has 0 aromatic rings. The molecular weight excluding hydrogens is 241 g/mol. The predicted molar refractivity (Wildman–Crippen MR) is 63.1 cm³/mol. The first-order valence-electron chi connectivity index (χ1n) is 6.07. The number of carboxylic acids is 1. The molecule has 0 heterocycles. The molecule has 2 unspecified atom stereocenters. The summed E-state index contributed by atoms with van der Waals surface area (Å²) in [6.45, 7) is 5.06. The molecule has 1 aliphatic carbocycles. The van der Waals surface area contributed by atoms with E-state index in [1.807, 2.05) is 0 Å². The number of halogens is 1. The third kappa shape index (κ3) is 3.58. The Hall–Kier alpha value is -1.33. The second kappa shape index (κ2) is 5.12. The van der Waals surface area contributed by atoms with Gasteiger partial charge in [-0.3, -0.25) is 0 Å². The number of carbonyl (C=O) groups excluding carboxylic acids is 1. The zero-order valence-electron chi connectivity index (χ0n) is 11.0. The highest BCUT2D eigenvalue weighted by molar-refractivity contribution is 5.80. The Morgan fingerprint density at radius 3 is 2.50 bits per heavy atom. The van der Waals surface area contributed by atoms with Crippen molar-refractivity contribution in [2.24, 2.45) is 0 Å². The van der Waals surface area contributed by atoms with Crippen LogP contribution >= 0.6 is 0 Å². The number of alkyl carbamates (subject to hydrolysis) is 1. The number of amides is 1. The molecule has 2 atom stereocenters. The first-order chi connectivity index (χ1) is 8.15. The lowest BCUT2D eigenvalue weighted by molar-refractivity contribution is -0.155. The molecule has 1 rings (SSSR count). The van der Waals surface area contributed by atoms with Crippen LogP contribution < -0.4 is 5.32 Å². The normalized spacial score (nSPS) is 28.6. The van der Waals surface area contributed by atoms with Crippen LogP contribution in [0.4, 0.5) is 9.18 Å². The summed E-state index contributed by atoms with van der Waals surface area (Å²) < 4.78 is 19.3. The zero-order chi connectivity index (χ0) is 14.0. The van der Waals surface area contributed by atoms with Gasteiger partial charge in [0.1, 0.15) is 5.60 Å². The lowest BCUT2D eigenvalue weighted by Crippen LogP contribution is -2.56. The van der Waals surface area contributed by atoms with Gasteiger partial charge in [0.2, 0.25) is 5.67 Å². The molecule has 0 aromatic heterocycles. The van der Waals surface area contributed by atoms with E-state index in [1.165, 1.54) is 0 Å². The average Bonchev–Trinajstić information content (AvgIpc) is 2.18. The van der Waals surface area contributed by atoms with Crippen molar-refractivity contribution in [3.8, 4) is 0 Å². The summed E-state index contributed by atoms with van der Waals surface area (Å²) in [4.78, 5) is 22.5. The summed E-state index contributed by atoms with van der Waals surface area (Å²) in [6.07, 6.45) is 0.650. The summed E-state index contributed by atoms with van der Waals surface area (Å²) in [5.41, 5.74) is -3.09. The van der Waals surface area contributed by atoms with Gasteiger partial charge in [-0.25, -0.2) is 14.0 Å². The van der Waals surface area contributed by atoms with Gasteiger partial charge in [0.05, 0.1) is 6.04 Å². The quantitative estimate of drug-likeness (QED) is 0.799. The van der Waals surface area contributed by atoms with Gasteiger partial charge in [-0.15, -0.1) is 0 Å². The molecule has 0 aromatic carbocycles. The summed E-state index contributed by atoms with van der Waals surface area (Å²) >= 11 is 0. The summed E-state index contributed by atoms with van der Waals surface area (Å²) in [7, 11) is 0. The highest BCUT2D eigenvalue weighted by Crippen LogP contribution is 2.32. The lowest BCUT2D eigenvalue weighted by Gasteiger charge is -2.35. The number of hydrogen-bond donors (Lipinski definition) is 2. The molecule has 0 spiro atoms. The van der Waals surface area contributed by atoms with Gasteiger partial charge < -0.3 is 15.2 Å². The summed E-state index contributed by atoms with van der Waals surface area (Å²) in [5.74, 6) is -1.52. The number of rotatable bonds is 2. The summed E-state index contributed by atoms with van der Waals surface area (Å²) in [5, 5.41) is 11.3. The monoisotopic (exact) mass is 261 g/mol. The van der Waals surface area contributed by atoms with Crippen LogP contribution in [-0.2, 0) is 9.53 Å². The minimum atomic E-state index is -2.39. The topological polar surface area (TPSA) is 75.6 Å². The fourth-order valence-corrected chi connectivity index (χ4v) is 2.03. The molecular formula is C12H20FNO4. The molecule has 5 nitrogen and oxygen atoms in total. The van der Waals surface area contributed by atoms with E-state index >= 15 is 0 Å². The van der Waals surface area contributed by atoms with Crippen LogP contribution in [0.3, 0.4) is 0 Å². The van der Waals surface area contributed by atoms with E-state index in [1.54, 1.807) is 20.8 Å². The Kier molecular flexibility index (Phi) is 4.19. The van der Waals surface area contributed by atoms with Crippen LogP contribution in [0.1, 0.15) is 46.5 Å². The SMILES string of the molecule is CC(C)(C)OC(=O)NC1CCCCC1(F)C(=O)O. The number of nitrogens with one attached hydrogen (secondary N) is 1. The van der Waals surface area contributed by atoms with Crippen molar-refractivity contribution < 1.29 is 23.8 Å². The van der Waals surface area contributed by atoms with E-state index in [9.17, 15) is 14.0 Å². The maximum atomic E-state index is 14.3. The molecule has 0 saturated heterocycles. The predicted octanol–water partition coefficient (Wildman–Crippen LogP) is 2.25. The molecule has 1 aliphatic rings. The molecule has 1 fully saturated rings. The van der Waals surface area contributed by atoms with Crippen LogP contribution in [0.5, 0.6) is 0 Å². The molecule has 104 valence electrons. The van der Waals surface area contributed by atoms with Crippen molar-refractivity contribution in [2.45, 2.75) is 63.8 Å². The van der Waals surface area contributed by atoms with Gasteiger partial charge in [-0.05, 0) is 40.0 Å². The molecule has 0 radical (unpaired) electrons. The van der Waals surface area contributed by atoms with Gasteiger partial charge in [0, 0.05) is 0 Å². The Balaban J connectivity index is 2.69. The lowest BCUT2D eigenvalue weighted by atomic mass is 9.82. The molecule has 0 bridgehead atoms. The maximum Gasteiger partial charge on any atom is 0.407 e. The third-order valence-corrected chi connectivity index (χ3v) is 2.88. The van der Waals surface area contributed by atoms with Crippen molar-refractivity contribution in [2.75, 3.05) is 0 Å². The largest absolute Gasteiger partial charge is 0.479 e. The fourth-order valence-electron chi connectivity index (χ4n) is 2.03. The van der Waals surface area contributed by atoms with Gasteiger partial charge in [-0.1, -0.05) is 6.42 Å². The summed E-state index contributed by atoms with van der Waals surface area (Å²) in [6, 6.07) is -1.03. The second-order valence-electron chi connectivity index (χ2n) is 5.61. The van der Waals surface area contributed by atoms with E-state index in [-0.39, 0.29) is 6.42 Å². The Morgan fingerprint density at radius 1 is 1.39 bits per heavy atom. The molecule has 1 amide bonds. The minimum absolute atomic E-state index is 0.0806. The van der Waals surface area contributed by atoms with Crippen LogP contribution in [0.25, 0.3) is 0 Å². The molecule has 18 heavy (non-hydrogen) atoms. The van der Waals surface area contributed by atoms with E-state index < -0.39 is 29.4 Å². The van der Waals surface area contributed by atoms with Crippen LogP contribution in [0.15, 0.2) is 0 Å². The van der Waals surface area contributed by atoms with E-state index in [2.05, 4.69) is 5.32 Å². The number of aliphatic carboxylic acids is 1. The first-order valence-corrected chi connectivity index (χ1v) is 6.07. The van der Waals surface area contributed by atoms with Gasteiger partial charge in [0.25, 0.3) is 0 Å². The van der Waals surface area contributed by atoms with E-state index in [4.69, 9.17) is 9.84 Å². The van der Waals surface area contributed by atoms with Gasteiger partial charge in [0.15, 0.2) is 0 Å². The molecule has 2 N–H and O–H groups in total. The molecule has 0 aliphatic heterocycles. The zero-order valence-corrected chi connectivity index (χ0v) is 11.0. The number of ether oxygens (including phenoxy) is 1.